The Labute approximate surface area is 117 Å². The van der Waals surface area contributed by atoms with Crippen LogP contribution < -0.4 is 0 Å². The summed E-state index contributed by atoms with van der Waals surface area (Å²) in [5.74, 6) is 0.00200. The van der Waals surface area contributed by atoms with Crippen LogP contribution in [0.2, 0.25) is 0 Å². The van der Waals surface area contributed by atoms with Crippen LogP contribution in [-0.2, 0) is 0 Å². The fourth-order valence-electron chi connectivity index (χ4n) is 2.33. The third-order valence-corrected chi connectivity index (χ3v) is 3.36. The van der Waals surface area contributed by atoms with Crippen molar-refractivity contribution in [3.8, 4) is 11.4 Å². The van der Waals surface area contributed by atoms with E-state index in [1.54, 1.807) is 12.3 Å². The van der Waals surface area contributed by atoms with Gasteiger partial charge in [0.2, 0.25) is 0 Å². The van der Waals surface area contributed by atoms with Crippen LogP contribution in [0.5, 0.6) is 0 Å². The number of nitrogens with zero attached hydrogens (tertiary/aromatic N) is 2. The Morgan fingerprint density at radius 2 is 1.90 bits per heavy atom. The molecule has 2 nitrogen and oxygen atoms in total. The minimum absolute atomic E-state index is 0.296. The maximum Gasteiger partial charge on any atom is 0.149 e. The standard InChI is InChI=1S/C17H15FN2/c1-11(2)13-10-12-6-5-7-14(18)16(12)20-17(13)15-8-3-4-9-19-15/h3-11H,1-2H3. The summed E-state index contributed by atoms with van der Waals surface area (Å²) in [6.07, 6.45) is 1.73. The molecule has 100 valence electrons. The molecule has 0 aliphatic heterocycles. The molecule has 0 unspecified atom stereocenters. The second kappa shape index (κ2) is 5.00. The average Bonchev–Trinajstić information content (AvgIpc) is 2.47. The molecule has 2 heterocycles. The molecule has 0 bridgehead atoms. The summed E-state index contributed by atoms with van der Waals surface area (Å²) in [7, 11) is 0. The molecule has 0 N–H and O–H groups in total. The van der Waals surface area contributed by atoms with E-state index in [0.717, 1.165) is 22.3 Å². The van der Waals surface area contributed by atoms with Crippen LogP contribution in [0.25, 0.3) is 22.3 Å². The highest BCUT2D eigenvalue weighted by atomic mass is 19.1. The zero-order valence-corrected chi connectivity index (χ0v) is 11.5. The fourth-order valence-corrected chi connectivity index (χ4v) is 2.33. The summed E-state index contributed by atoms with van der Waals surface area (Å²) in [4.78, 5) is 8.87. The Hall–Kier alpha value is -2.29. The van der Waals surface area contributed by atoms with E-state index in [2.05, 4.69) is 23.8 Å². The van der Waals surface area contributed by atoms with Crippen molar-refractivity contribution in [2.75, 3.05) is 0 Å². The van der Waals surface area contributed by atoms with Gasteiger partial charge in [-0.25, -0.2) is 9.37 Å². The van der Waals surface area contributed by atoms with Crippen LogP contribution in [0.4, 0.5) is 4.39 Å². The lowest BCUT2D eigenvalue weighted by molar-refractivity contribution is 0.636. The van der Waals surface area contributed by atoms with Gasteiger partial charge in [0, 0.05) is 11.6 Å². The van der Waals surface area contributed by atoms with Crippen molar-refractivity contribution in [2.45, 2.75) is 19.8 Å². The molecule has 1 aromatic carbocycles. The summed E-state index contributed by atoms with van der Waals surface area (Å²) < 4.78 is 13.9. The number of hydrogen-bond donors (Lipinski definition) is 0. The Morgan fingerprint density at radius 1 is 1.05 bits per heavy atom. The zero-order chi connectivity index (χ0) is 14.1. The summed E-state index contributed by atoms with van der Waals surface area (Å²) in [5.41, 5.74) is 3.03. The second-order valence-electron chi connectivity index (χ2n) is 5.11. The third-order valence-electron chi connectivity index (χ3n) is 3.36. The average molecular weight is 266 g/mol. The van der Waals surface area contributed by atoms with E-state index in [-0.39, 0.29) is 5.82 Å². The van der Waals surface area contributed by atoms with E-state index < -0.39 is 0 Å². The van der Waals surface area contributed by atoms with Gasteiger partial charge in [0.05, 0.1) is 11.4 Å². The van der Waals surface area contributed by atoms with Crippen LogP contribution in [0.15, 0.2) is 48.7 Å². The van der Waals surface area contributed by atoms with Gasteiger partial charge < -0.3 is 0 Å². The molecule has 0 aliphatic carbocycles. The molecule has 0 aliphatic rings. The Kier molecular flexibility index (Phi) is 3.18. The summed E-state index contributed by atoms with van der Waals surface area (Å²) in [6.45, 7) is 4.21. The molecule has 0 radical (unpaired) electrons. The lowest BCUT2D eigenvalue weighted by Crippen LogP contribution is -1.99. The van der Waals surface area contributed by atoms with Crippen molar-refractivity contribution < 1.29 is 4.39 Å². The van der Waals surface area contributed by atoms with Gasteiger partial charge >= 0.3 is 0 Å². The topological polar surface area (TPSA) is 25.8 Å². The fraction of sp³-hybridized carbons (Fsp3) is 0.176. The van der Waals surface area contributed by atoms with Crippen LogP contribution in [-0.4, -0.2) is 9.97 Å². The summed E-state index contributed by atoms with van der Waals surface area (Å²) >= 11 is 0. The minimum Gasteiger partial charge on any atom is -0.255 e. The second-order valence-corrected chi connectivity index (χ2v) is 5.11. The first-order chi connectivity index (χ1) is 9.66. The first-order valence-corrected chi connectivity index (χ1v) is 6.67. The third kappa shape index (κ3) is 2.16. The highest BCUT2D eigenvalue weighted by Gasteiger charge is 2.14. The van der Waals surface area contributed by atoms with E-state index in [0.29, 0.717) is 11.4 Å². The predicted octanol–water partition coefficient (Wildman–Crippen LogP) is 4.56. The van der Waals surface area contributed by atoms with Gasteiger partial charge in [-0.2, -0.15) is 0 Å². The quantitative estimate of drug-likeness (QED) is 0.679. The number of para-hydroxylation sites is 1. The van der Waals surface area contributed by atoms with Gasteiger partial charge in [0.15, 0.2) is 0 Å². The van der Waals surface area contributed by atoms with E-state index in [1.165, 1.54) is 6.07 Å². The lowest BCUT2D eigenvalue weighted by atomic mass is 9.97. The number of halogens is 1. The smallest absolute Gasteiger partial charge is 0.149 e. The first-order valence-electron chi connectivity index (χ1n) is 6.67. The first kappa shape index (κ1) is 12.7. The van der Waals surface area contributed by atoms with E-state index in [4.69, 9.17) is 0 Å². The van der Waals surface area contributed by atoms with Crippen molar-refractivity contribution in [1.82, 2.24) is 9.97 Å². The molecule has 3 aromatic rings. The highest BCUT2D eigenvalue weighted by molar-refractivity contribution is 5.83. The molecule has 0 atom stereocenters. The van der Waals surface area contributed by atoms with Crippen LogP contribution >= 0.6 is 0 Å². The zero-order valence-electron chi connectivity index (χ0n) is 11.5. The van der Waals surface area contributed by atoms with Gasteiger partial charge in [-0.05, 0) is 35.7 Å². The molecular weight excluding hydrogens is 251 g/mol. The minimum atomic E-state index is -0.296. The summed E-state index contributed by atoms with van der Waals surface area (Å²) in [5, 5.41) is 0.827. The number of aromatic nitrogens is 2. The normalized spacial score (nSPS) is 11.2. The molecule has 3 heteroatoms. The Bertz CT molecular complexity index is 752. The van der Waals surface area contributed by atoms with Crippen molar-refractivity contribution in [2.24, 2.45) is 0 Å². The van der Waals surface area contributed by atoms with Crippen LogP contribution in [0, 0.1) is 5.82 Å². The van der Waals surface area contributed by atoms with Crippen LogP contribution in [0.3, 0.4) is 0 Å². The molecule has 0 amide bonds. The van der Waals surface area contributed by atoms with E-state index in [1.807, 2.05) is 30.3 Å². The largest absolute Gasteiger partial charge is 0.255 e. The van der Waals surface area contributed by atoms with Crippen molar-refractivity contribution in [3.05, 3.63) is 60.0 Å². The molecule has 2 aromatic heterocycles. The van der Waals surface area contributed by atoms with Crippen LogP contribution in [0.1, 0.15) is 25.3 Å². The van der Waals surface area contributed by atoms with Crippen molar-refractivity contribution in [1.29, 1.82) is 0 Å². The van der Waals surface area contributed by atoms with Gasteiger partial charge in [-0.1, -0.05) is 32.0 Å². The predicted molar refractivity (Wildman–Crippen MR) is 79.0 cm³/mol. The van der Waals surface area contributed by atoms with Gasteiger partial charge in [0.1, 0.15) is 11.3 Å². The molecule has 20 heavy (non-hydrogen) atoms. The molecular formula is C17H15FN2. The van der Waals surface area contributed by atoms with E-state index in [9.17, 15) is 4.39 Å². The molecule has 0 spiro atoms. The summed E-state index contributed by atoms with van der Waals surface area (Å²) in [6, 6.07) is 12.7. The number of benzene rings is 1. The van der Waals surface area contributed by atoms with Gasteiger partial charge in [-0.15, -0.1) is 0 Å². The molecule has 0 saturated heterocycles. The lowest BCUT2D eigenvalue weighted by Gasteiger charge is -2.13. The van der Waals surface area contributed by atoms with Crippen molar-refractivity contribution in [3.63, 3.8) is 0 Å². The van der Waals surface area contributed by atoms with Gasteiger partial charge in [-0.3, -0.25) is 4.98 Å². The molecule has 3 rings (SSSR count). The number of fused-ring (bicyclic) bond motifs is 1. The van der Waals surface area contributed by atoms with Gasteiger partial charge in [0.25, 0.3) is 0 Å². The SMILES string of the molecule is CC(C)c1cc2cccc(F)c2nc1-c1ccccn1. The monoisotopic (exact) mass is 266 g/mol. The van der Waals surface area contributed by atoms with Crippen molar-refractivity contribution >= 4 is 10.9 Å². The molecule has 0 saturated carbocycles. The maximum absolute atomic E-state index is 13.9. The maximum atomic E-state index is 13.9. The number of rotatable bonds is 2. The Morgan fingerprint density at radius 3 is 2.60 bits per heavy atom. The number of pyridine rings is 2. The highest BCUT2D eigenvalue weighted by Crippen LogP contribution is 2.30. The number of hydrogen-bond acceptors (Lipinski definition) is 2. The van der Waals surface area contributed by atoms with E-state index >= 15 is 0 Å². The molecule has 0 fully saturated rings. The Balaban J connectivity index is 2.34.